The van der Waals surface area contributed by atoms with Gasteiger partial charge < -0.3 is 23.8 Å². The number of nitrogens with zero attached hydrogens (tertiary/aromatic N) is 2. The van der Waals surface area contributed by atoms with Gasteiger partial charge in [-0.15, -0.1) is 0 Å². The number of hydrogen-bond acceptors (Lipinski definition) is 6. The van der Waals surface area contributed by atoms with Crippen LogP contribution in [-0.4, -0.2) is 57.4 Å². The van der Waals surface area contributed by atoms with Crippen LogP contribution in [0.1, 0.15) is 28.8 Å². The van der Waals surface area contributed by atoms with Crippen LogP contribution >= 0.6 is 0 Å². The third-order valence-corrected chi connectivity index (χ3v) is 6.89. The molecular weight excluding hydrogens is 475 g/mol. The molecule has 0 unspecified atom stereocenters. The van der Waals surface area contributed by atoms with Gasteiger partial charge in [0.05, 0.1) is 14.2 Å². The lowest BCUT2D eigenvalue weighted by Gasteiger charge is -2.39. The van der Waals surface area contributed by atoms with E-state index >= 15 is 0 Å². The molecule has 1 fully saturated rings. The quantitative estimate of drug-likeness (QED) is 0.453. The Morgan fingerprint density at radius 3 is 2.32 bits per heavy atom. The molecular formula is C29H31FN2O5. The zero-order valence-electron chi connectivity index (χ0n) is 21.1. The number of hydrogen-bond donors (Lipinski definition) is 0. The molecule has 7 nitrogen and oxygen atoms in total. The van der Waals surface area contributed by atoms with Gasteiger partial charge in [-0.05, 0) is 66.9 Å². The van der Waals surface area contributed by atoms with E-state index in [0.29, 0.717) is 30.3 Å². The Hall–Kier alpha value is -3.78. The molecule has 0 N–H and O–H groups in total. The first-order chi connectivity index (χ1) is 18.1. The monoisotopic (exact) mass is 506 g/mol. The van der Waals surface area contributed by atoms with E-state index in [1.54, 1.807) is 20.3 Å². The van der Waals surface area contributed by atoms with Gasteiger partial charge in [-0.1, -0.05) is 6.07 Å². The lowest BCUT2D eigenvalue weighted by molar-refractivity contribution is 0.0958. The van der Waals surface area contributed by atoms with Gasteiger partial charge in [0.15, 0.2) is 23.0 Å². The summed E-state index contributed by atoms with van der Waals surface area (Å²) in [5, 5.41) is 0. The van der Waals surface area contributed by atoms with E-state index in [-0.39, 0.29) is 17.8 Å². The van der Waals surface area contributed by atoms with Crippen molar-refractivity contribution >= 4 is 11.6 Å². The smallest absolute Gasteiger partial charge is 0.258 e. The van der Waals surface area contributed by atoms with E-state index in [4.69, 9.17) is 18.9 Å². The Morgan fingerprint density at radius 2 is 1.62 bits per heavy atom. The van der Waals surface area contributed by atoms with Crippen molar-refractivity contribution in [1.29, 1.82) is 0 Å². The molecule has 3 aromatic rings. The fraction of sp³-hybridized carbons (Fsp3) is 0.345. The maximum absolute atomic E-state index is 13.7. The van der Waals surface area contributed by atoms with Gasteiger partial charge in [0.1, 0.15) is 19.0 Å². The van der Waals surface area contributed by atoms with E-state index in [2.05, 4.69) is 17.0 Å². The molecule has 0 spiro atoms. The number of ether oxygens (including phenoxy) is 4. The average molecular weight is 507 g/mol. The Labute approximate surface area is 216 Å². The number of benzene rings is 3. The number of piperidine rings is 1. The minimum absolute atomic E-state index is 0.0211. The topological polar surface area (TPSA) is 60.5 Å². The predicted octanol–water partition coefficient (Wildman–Crippen LogP) is 4.93. The van der Waals surface area contributed by atoms with Crippen molar-refractivity contribution in [3.05, 3.63) is 77.6 Å². The minimum atomic E-state index is -0.373. The molecule has 2 aliphatic rings. The number of methoxy groups -OCH3 is 2. The first-order valence-electron chi connectivity index (χ1n) is 12.5. The lowest BCUT2D eigenvalue weighted by Crippen LogP contribution is -2.47. The van der Waals surface area contributed by atoms with Crippen molar-refractivity contribution in [3.8, 4) is 23.0 Å². The summed E-state index contributed by atoms with van der Waals surface area (Å²) in [4.78, 5) is 17.9. The second kappa shape index (κ2) is 11.1. The molecule has 0 aromatic heterocycles. The van der Waals surface area contributed by atoms with Gasteiger partial charge in [0, 0.05) is 43.0 Å². The van der Waals surface area contributed by atoms with Gasteiger partial charge in [-0.25, -0.2) is 4.39 Å². The van der Waals surface area contributed by atoms with Crippen molar-refractivity contribution in [2.24, 2.45) is 0 Å². The largest absolute Gasteiger partial charge is 0.493 e. The molecule has 1 amide bonds. The van der Waals surface area contributed by atoms with E-state index in [1.165, 1.54) is 29.8 Å². The van der Waals surface area contributed by atoms with E-state index in [9.17, 15) is 9.18 Å². The number of halogens is 1. The first kappa shape index (κ1) is 24.9. The third kappa shape index (κ3) is 5.49. The Kier molecular flexibility index (Phi) is 7.46. The number of carbonyl (C=O) groups excluding carboxylic acids is 1. The molecule has 2 aliphatic heterocycles. The van der Waals surface area contributed by atoms with Crippen molar-refractivity contribution in [1.82, 2.24) is 4.90 Å². The van der Waals surface area contributed by atoms with Gasteiger partial charge in [0.25, 0.3) is 5.91 Å². The highest BCUT2D eigenvalue weighted by Gasteiger charge is 2.31. The third-order valence-electron chi connectivity index (χ3n) is 6.89. The molecule has 37 heavy (non-hydrogen) atoms. The Morgan fingerprint density at radius 1 is 0.919 bits per heavy atom. The second-order valence-corrected chi connectivity index (χ2v) is 9.21. The second-order valence-electron chi connectivity index (χ2n) is 9.21. The maximum atomic E-state index is 13.7. The van der Waals surface area contributed by atoms with Crippen LogP contribution in [0.25, 0.3) is 0 Å². The van der Waals surface area contributed by atoms with Crippen LogP contribution in [0.3, 0.4) is 0 Å². The summed E-state index contributed by atoms with van der Waals surface area (Å²) < 4.78 is 35.8. The number of anilines is 1. The highest BCUT2D eigenvalue weighted by molar-refractivity contribution is 6.06. The number of likely N-dealkylation sites (tertiary alicyclic amines) is 1. The molecule has 194 valence electrons. The Bertz CT molecular complexity index is 1240. The standard InChI is InChI=1S/C29H31FN2O5/c1-34-25-10-8-24(18-27(25)35-2)32(29(33)21-4-6-22(30)7-5-21)23-11-13-31(14-12-23)19-20-3-9-26-28(17-20)37-16-15-36-26/h3-10,17-18,23H,11-16,19H2,1-2H3. The summed E-state index contributed by atoms with van der Waals surface area (Å²) in [7, 11) is 3.15. The molecule has 0 aliphatic carbocycles. The van der Waals surface area contributed by atoms with Crippen molar-refractivity contribution in [2.75, 3.05) is 45.4 Å². The molecule has 0 radical (unpaired) electrons. The summed E-state index contributed by atoms with van der Waals surface area (Å²) in [6, 6.07) is 17.3. The molecule has 3 aromatic carbocycles. The summed E-state index contributed by atoms with van der Waals surface area (Å²) in [6.45, 7) is 3.60. The SMILES string of the molecule is COc1ccc(N(C(=O)c2ccc(F)cc2)C2CCN(Cc3ccc4c(c3)OCCO4)CC2)cc1OC. The molecule has 2 heterocycles. The Balaban J connectivity index is 1.34. The van der Waals surface area contributed by atoms with Crippen LogP contribution in [0.15, 0.2) is 60.7 Å². The number of fused-ring (bicyclic) bond motifs is 1. The van der Waals surface area contributed by atoms with Gasteiger partial charge in [0.2, 0.25) is 0 Å². The zero-order chi connectivity index (χ0) is 25.8. The number of rotatable bonds is 7. The van der Waals surface area contributed by atoms with Crippen LogP contribution < -0.4 is 23.8 Å². The zero-order valence-corrected chi connectivity index (χ0v) is 21.1. The van der Waals surface area contributed by atoms with E-state index in [0.717, 1.165) is 49.7 Å². The van der Waals surface area contributed by atoms with E-state index in [1.807, 2.05) is 23.1 Å². The molecule has 0 atom stereocenters. The van der Waals surface area contributed by atoms with Crippen LogP contribution in [-0.2, 0) is 6.54 Å². The number of carbonyl (C=O) groups is 1. The van der Waals surface area contributed by atoms with Gasteiger partial charge >= 0.3 is 0 Å². The summed E-state index contributed by atoms with van der Waals surface area (Å²) in [6.07, 6.45) is 1.59. The molecule has 0 saturated carbocycles. The van der Waals surface area contributed by atoms with Gasteiger partial charge in [-0.3, -0.25) is 9.69 Å². The van der Waals surface area contributed by atoms with Gasteiger partial charge in [-0.2, -0.15) is 0 Å². The fourth-order valence-electron chi connectivity index (χ4n) is 4.98. The minimum Gasteiger partial charge on any atom is -0.493 e. The maximum Gasteiger partial charge on any atom is 0.258 e. The summed E-state index contributed by atoms with van der Waals surface area (Å²) in [5.41, 5.74) is 2.33. The van der Waals surface area contributed by atoms with Crippen LogP contribution in [0, 0.1) is 5.82 Å². The average Bonchev–Trinajstić information content (AvgIpc) is 2.94. The summed E-state index contributed by atoms with van der Waals surface area (Å²) in [5.74, 6) is 2.18. The van der Waals surface area contributed by atoms with Crippen LogP contribution in [0.2, 0.25) is 0 Å². The van der Waals surface area contributed by atoms with Crippen LogP contribution in [0.5, 0.6) is 23.0 Å². The van der Waals surface area contributed by atoms with Crippen molar-refractivity contribution in [3.63, 3.8) is 0 Å². The highest BCUT2D eigenvalue weighted by atomic mass is 19.1. The normalized spacial score (nSPS) is 15.8. The summed E-state index contributed by atoms with van der Waals surface area (Å²) >= 11 is 0. The first-order valence-corrected chi connectivity index (χ1v) is 12.5. The fourth-order valence-corrected chi connectivity index (χ4v) is 4.98. The number of amides is 1. The van der Waals surface area contributed by atoms with Crippen molar-refractivity contribution in [2.45, 2.75) is 25.4 Å². The molecule has 5 rings (SSSR count). The van der Waals surface area contributed by atoms with E-state index < -0.39 is 0 Å². The van der Waals surface area contributed by atoms with Crippen LogP contribution in [0.4, 0.5) is 10.1 Å². The highest BCUT2D eigenvalue weighted by Crippen LogP contribution is 2.35. The lowest BCUT2D eigenvalue weighted by atomic mass is 10.00. The molecule has 1 saturated heterocycles. The molecule has 8 heteroatoms. The predicted molar refractivity (Wildman–Crippen MR) is 138 cm³/mol. The van der Waals surface area contributed by atoms with Crippen molar-refractivity contribution < 1.29 is 28.1 Å². The molecule has 0 bridgehead atoms.